The minimum Gasteiger partial charge on any atom is -0.494 e. The summed E-state index contributed by atoms with van der Waals surface area (Å²) < 4.78 is 5.44. The van der Waals surface area contributed by atoms with Gasteiger partial charge in [-0.2, -0.15) is 0 Å². The highest BCUT2D eigenvalue weighted by molar-refractivity contribution is 5.30. The summed E-state index contributed by atoms with van der Waals surface area (Å²) in [7, 11) is 0. The van der Waals surface area contributed by atoms with Crippen LogP contribution in [-0.2, 0) is 0 Å². The second-order valence-electron chi connectivity index (χ2n) is 3.31. The summed E-state index contributed by atoms with van der Waals surface area (Å²) in [5.74, 6) is 1.61. The molecule has 0 N–H and O–H groups in total. The van der Waals surface area contributed by atoms with Crippen molar-refractivity contribution in [3.8, 4) is 5.75 Å². The minimum absolute atomic E-state index is 0.625. The van der Waals surface area contributed by atoms with Crippen molar-refractivity contribution in [2.75, 3.05) is 6.61 Å². The van der Waals surface area contributed by atoms with Gasteiger partial charge in [-0.15, -0.1) is 0 Å². The van der Waals surface area contributed by atoms with Crippen LogP contribution < -0.4 is 4.74 Å². The zero-order chi connectivity index (χ0) is 9.68. The molecule has 1 atom stereocenters. The van der Waals surface area contributed by atoms with Crippen molar-refractivity contribution in [3.63, 3.8) is 0 Å². The van der Waals surface area contributed by atoms with Crippen LogP contribution in [-0.4, -0.2) is 6.61 Å². The van der Waals surface area contributed by atoms with Crippen LogP contribution in [0.4, 0.5) is 0 Å². The molecule has 13 heavy (non-hydrogen) atoms. The second-order valence-corrected chi connectivity index (χ2v) is 3.31. The molecule has 1 unspecified atom stereocenters. The zero-order valence-electron chi connectivity index (χ0n) is 8.71. The van der Waals surface area contributed by atoms with Crippen molar-refractivity contribution in [1.29, 1.82) is 0 Å². The van der Waals surface area contributed by atoms with E-state index in [1.165, 1.54) is 12.0 Å². The van der Waals surface area contributed by atoms with Crippen LogP contribution >= 0.6 is 0 Å². The average molecular weight is 178 g/mol. The van der Waals surface area contributed by atoms with E-state index in [-0.39, 0.29) is 0 Å². The third kappa shape index (κ3) is 2.76. The van der Waals surface area contributed by atoms with E-state index < -0.39 is 0 Å². The first-order chi connectivity index (χ1) is 6.27. The monoisotopic (exact) mass is 178 g/mol. The van der Waals surface area contributed by atoms with Gasteiger partial charge in [0.2, 0.25) is 0 Å². The zero-order valence-corrected chi connectivity index (χ0v) is 8.71. The number of hydrogen-bond acceptors (Lipinski definition) is 1. The fraction of sp³-hybridized carbons (Fsp3) is 0.500. The lowest BCUT2D eigenvalue weighted by atomic mass is 9.99. The molecule has 1 nitrogen and oxygen atoms in total. The van der Waals surface area contributed by atoms with E-state index in [1.54, 1.807) is 0 Å². The third-order valence-electron chi connectivity index (χ3n) is 2.35. The topological polar surface area (TPSA) is 9.23 Å². The summed E-state index contributed by atoms with van der Waals surface area (Å²) in [6, 6.07) is 8.37. The molecule has 0 heterocycles. The summed E-state index contributed by atoms with van der Waals surface area (Å²) in [4.78, 5) is 0. The maximum absolute atomic E-state index is 5.44. The first-order valence-corrected chi connectivity index (χ1v) is 5.00. The molecule has 0 radical (unpaired) electrons. The van der Waals surface area contributed by atoms with Gasteiger partial charge in [-0.3, -0.25) is 0 Å². The number of rotatable bonds is 4. The molecule has 72 valence electrons. The Bertz CT molecular complexity index is 255. The molecule has 1 rings (SSSR count). The van der Waals surface area contributed by atoms with Gasteiger partial charge in [0, 0.05) is 0 Å². The molecule has 0 spiro atoms. The maximum atomic E-state index is 5.44. The van der Waals surface area contributed by atoms with Crippen molar-refractivity contribution in [1.82, 2.24) is 0 Å². The summed E-state index contributed by atoms with van der Waals surface area (Å²) >= 11 is 0. The van der Waals surface area contributed by atoms with E-state index in [9.17, 15) is 0 Å². The predicted octanol–water partition coefficient (Wildman–Crippen LogP) is 3.60. The number of hydrogen-bond donors (Lipinski definition) is 0. The first kappa shape index (κ1) is 10.1. The lowest BCUT2D eigenvalue weighted by Crippen LogP contribution is -1.95. The summed E-state index contributed by atoms with van der Waals surface area (Å²) in [5.41, 5.74) is 1.37. The summed E-state index contributed by atoms with van der Waals surface area (Å²) in [6.07, 6.45) is 1.18. The van der Waals surface area contributed by atoms with E-state index in [0.29, 0.717) is 5.92 Å². The highest BCUT2D eigenvalue weighted by Crippen LogP contribution is 2.22. The van der Waals surface area contributed by atoms with Crippen molar-refractivity contribution < 1.29 is 4.74 Å². The Labute approximate surface area is 80.7 Å². The van der Waals surface area contributed by atoms with Gasteiger partial charge < -0.3 is 4.74 Å². The smallest absolute Gasteiger partial charge is 0.119 e. The first-order valence-electron chi connectivity index (χ1n) is 5.00. The third-order valence-corrected chi connectivity index (χ3v) is 2.35. The van der Waals surface area contributed by atoms with Crippen LogP contribution in [0.15, 0.2) is 24.3 Å². The van der Waals surface area contributed by atoms with Gasteiger partial charge in [0.25, 0.3) is 0 Å². The highest BCUT2D eigenvalue weighted by atomic mass is 16.5. The Morgan fingerprint density at radius 2 is 2.08 bits per heavy atom. The molecule has 0 bridgehead atoms. The molecule has 0 aliphatic rings. The second kappa shape index (κ2) is 4.90. The Balaban J connectivity index is 2.78. The fourth-order valence-electron chi connectivity index (χ4n) is 1.31. The van der Waals surface area contributed by atoms with Crippen LogP contribution in [0.2, 0.25) is 0 Å². The van der Waals surface area contributed by atoms with E-state index in [4.69, 9.17) is 4.74 Å². The van der Waals surface area contributed by atoms with Crippen molar-refractivity contribution in [2.24, 2.45) is 0 Å². The van der Waals surface area contributed by atoms with Crippen LogP contribution in [0.25, 0.3) is 0 Å². The Morgan fingerprint density at radius 1 is 1.31 bits per heavy atom. The number of ether oxygens (including phenoxy) is 1. The molecule has 0 saturated carbocycles. The average Bonchev–Trinajstić information content (AvgIpc) is 2.18. The standard InChI is InChI=1S/C12H18O/c1-4-10(3)11-7-6-8-12(9-11)13-5-2/h6-10H,4-5H2,1-3H3. The quantitative estimate of drug-likeness (QED) is 0.684. The highest BCUT2D eigenvalue weighted by Gasteiger charge is 2.03. The van der Waals surface area contributed by atoms with Crippen LogP contribution in [0.5, 0.6) is 5.75 Å². The van der Waals surface area contributed by atoms with Gasteiger partial charge in [0.15, 0.2) is 0 Å². The molecule has 0 fully saturated rings. The molecule has 0 aliphatic carbocycles. The predicted molar refractivity (Wildman–Crippen MR) is 56.3 cm³/mol. The van der Waals surface area contributed by atoms with Crippen molar-refractivity contribution in [3.05, 3.63) is 29.8 Å². The van der Waals surface area contributed by atoms with Crippen molar-refractivity contribution in [2.45, 2.75) is 33.1 Å². The van der Waals surface area contributed by atoms with Crippen LogP contribution in [0.3, 0.4) is 0 Å². The SMILES string of the molecule is CCOc1cccc(C(C)CC)c1. The lowest BCUT2D eigenvalue weighted by molar-refractivity contribution is 0.339. The molecule has 1 heteroatoms. The van der Waals surface area contributed by atoms with E-state index in [1.807, 2.05) is 13.0 Å². The minimum atomic E-state index is 0.625. The fourth-order valence-corrected chi connectivity index (χ4v) is 1.31. The van der Waals surface area contributed by atoms with Gasteiger partial charge in [-0.05, 0) is 37.0 Å². The van der Waals surface area contributed by atoms with E-state index in [2.05, 4.69) is 32.0 Å². The molecule has 1 aromatic carbocycles. The van der Waals surface area contributed by atoms with Crippen LogP contribution in [0.1, 0.15) is 38.7 Å². The molecule has 0 saturated heterocycles. The van der Waals surface area contributed by atoms with Gasteiger partial charge in [-0.25, -0.2) is 0 Å². The molecule has 0 aromatic heterocycles. The lowest BCUT2D eigenvalue weighted by Gasteiger charge is -2.10. The molecule has 0 amide bonds. The normalized spacial score (nSPS) is 12.5. The van der Waals surface area contributed by atoms with Gasteiger partial charge in [0.1, 0.15) is 5.75 Å². The van der Waals surface area contributed by atoms with Gasteiger partial charge >= 0.3 is 0 Å². The van der Waals surface area contributed by atoms with E-state index in [0.717, 1.165) is 12.4 Å². The van der Waals surface area contributed by atoms with Crippen LogP contribution in [0, 0.1) is 0 Å². The summed E-state index contributed by atoms with van der Waals surface area (Å²) in [5, 5.41) is 0. The molecular formula is C12H18O. The Hall–Kier alpha value is -0.980. The summed E-state index contributed by atoms with van der Waals surface area (Å²) in [6.45, 7) is 7.20. The largest absolute Gasteiger partial charge is 0.494 e. The van der Waals surface area contributed by atoms with Gasteiger partial charge in [0.05, 0.1) is 6.61 Å². The molecular weight excluding hydrogens is 160 g/mol. The van der Waals surface area contributed by atoms with E-state index >= 15 is 0 Å². The van der Waals surface area contributed by atoms with Crippen molar-refractivity contribution >= 4 is 0 Å². The molecule has 0 aliphatic heterocycles. The Kier molecular flexibility index (Phi) is 3.81. The number of benzene rings is 1. The maximum Gasteiger partial charge on any atom is 0.119 e. The van der Waals surface area contributed by atoms with Gasteiger partial charge in [-0.1, -0.05) is 26.0 Å². The Morgan fingerprint density at radius 3 is 2.69 bits per heavy atom. The molecule has 1 aromatic rings.